The molecule has 3 atom stereocenters. The van der Waals surface area contributed by atoms with Crippen molar-refractivity contribution < 1.29 is 14.4 Å². The molecular formula is C34H24BrNO3. The van der Waals surface area contributed by atoms with E-state index in [1.165, 1.54) is 0 Å². The van der Waals surface area contributed by atoms with Crippen LogP contribution in [0.4, 0.5) is 5.69 Å². The Labute approximate surface area is 235 Å². The van der Waals surface area contributed by atoms with E-state index < -0.39 is 23.4 Å². The molecule has 0 unspecified atom stereocenters. The zero-order chi connectivity index (χ0) is 26.9. The van der Waals surface area contributed by atoms with Gasteiger partial charge in [-0.15, -0.1) is 0 Å². The van der Waals surface area contributed by atoms with Gasteiger partial charge in [-0.2, -0.15) is 0 Å². The Balaban J connectivity index is 1.55. The molecule has 4 nitrogen and oxygen atoms in total. The lowest BCUT2D eigenvalue weighted by Crippen LogP contribution is -2.48. The van der Waals surface area contributed by atoms with Crippen LogP contribution in [0, 0.1) is 12.3 Å². The van der Waals surface area contributed by atoms with Crippen molar-refractivity contribution in [3.63, 3.8) is 0 Å². The summed E-state index contributed by atoms with van der Waals surface area (Å²) in [5.74, 6) is -1.24. The molecule has 1 aliphatic carbocycles. The van der Waals surface area contributed by atoms with E-state index in [1.807, 2.05) is 85.8 Å². The minimum atomic E-state index is -1.48. The molecule has 2 heterocycles. The summed E-state index contributed by atoms with van der Waals surface area (Å²) < 4.78 is 0.884. The van der Waals surface area contributed by atoms with Crippen LogP contribution < -0.4 is 4.90 Å². The van der Waals surface area contributed by atoms with Crippen LogP contribution in [0.1, 0.15) is 53.7 Å². The molecule has 0 bridgehead atoms. The number of carbonyl (C=O) groups excluding carboxylic acids is 3. The Kier molecular flexibility index (Phi) is 5.36. The first-order chi connectivity index (χ1) is 18.9. The van der Waals surface area contributed by atoms with Gasteiger partial charge in [0.05, 0.1) is 6.04 Å². The molecular weight excluding hydrogens is 550 g/mol. The van der Waals surface area contributed by atoms with E-state index in [2.05, 4.69) is 26.9 Å². The summed E-state index contributed by atoms with van der Waals surface area (Å²) in [4.78, 5) is 45.8. The molecule has 3 aliphatic rings. The van der Waals surface area contributed by atoms with Crippen LogP contribution in [0.15, 0.2) is 108 Å². The fourth-order valence-electron chi connectivity index (χ4n) is 6.91. The number of carbonyl (C=O) groups is 3. The third kappa shape index (κ3) is 3.26. The fourth-order valence-corrected chi connectivity index (χ4v) is 7.18. The molecule has 1 spiro atoms. The van der Waals surface area contributed by atoms with Crippen LogP contribution in [0.3, 0.4) is 0 Å². The van der Waals surface area contributed by atoms with Gasteiger partial charge in [0.25, 0.3) is 0 Å². The average Bonchev–Trinajstić information content (AvgIpc) is 3.39. The molecule has 1 fully saturated rings. The third-order valence-corrected chi connectivity index (χ3v) is 9.04. The van der Waals surface area contributed by atoms with Crippen LogP contribution >= 0.6 is 15.9 Å². The summed E-state index contributed by atoms with van der Waals surface area (Å²) >= 11 is 3.52. The van der Waals surface area contributed by atoms with E-state index in [4.69, 9.17) is 0 Å². The van der Waals surface area contributed by atoms with Crippen LogP contribution in [-0.2, 0) is 0 Å². The molecule has 5 heteroatoms. The van der Waals surface area contributed by atoms with Gasteiger partial charge in [-0.3, -0.25) is 14.4 Å². The van der Waals surface area contributed by atoms with Gasteiger partial charge in [0.2, 0.25) is 0 Å². The molecule has 7 rings (SSSR count). The maximum absolute atomic E-state index is 14.6. The topological polar surface area (TPSA) is 54.5 Å². The number of hydrogen-bond donors (Lipinski definition) is 0. The molecule has 39 heavy (non-hydrogen) atoms. The average molecular weight is 574 g/mol. The molecule has 190 valence electrons. The smallest absolute Gasteiger partial charge is 0.185 e. The number of benzene rings is 4. The van der Waals surface area contributed by atoms with Crippen LogP contribution in [0.25, 0.3) is 6.08 Å². The Hall–Kier alpha value is -4.09. The van der Waals surface area contributed by atoms with Gasteiger partial charge in [0, 0.05) is 32.8 Å². The highest BCUT2D eigenvalue weighted by molar-refractivity contribution is 9.10. The quantitative estimate of drug-likeness (QED) is 0.194. The summed E-state index contributed by atoms with van der Waals surface area (Å²) in [6, 6.07) is 28.7. The number of hydrogen-bond acceptors (Lipinski definition) is 4. The van der Waals surface area contributed by atoms with Gasteiger partial charge in [-0.25, -0.2) is 0 Å². The number of halogens is 1. The monoisotopic (exact) mass is 573 g/mol. The van der Waals surface area contributed by atoms with Crippen molar-refractivity contribution in [2.75, 3.05) is 4.90 Å². The maximum atomic E-state index is 14.6. The van der Waals surface area contributed by atoms with Crippen LogP contribution in [-0.4, -0.2) is 29.4 Å². The van der Waals surface area contributed by atoms with Gasteiger partial charge in [-0.05, 0) is 42.3 Å². The van der Waals surface area contributed by atoms with Gasteiger partial charge < -0.3 is 4.90 Å². The summed E-state index contributed by atoms with van der Waals surface area (Å²) in [6.45, 7) is 2.03. The second kappa shape index (κ2) is 8.72. The standard InChI is InChI=1S/C34H24BrNO3/c1-20-11-17-27-23(19-20)14-18-28-34(32(38)25-9-5-6-10-26(25)33(34)39)29(21-12-15-24(35)16-13-21)30(36(27)28)31(37)22-7-3-2-4-8-22/h2-19,28-30H,1H3/t28-,29+,30+/m1/s1. The molecule has 4 aromatic carbocycles. The van der Waals surface area contributed by atoms with Crippen molar-refractivity contribution in [2.24, 2.45) is 5.41 Å². The first-order valence-corrected chi connectivity index (χ1v) is 13.8. The van der Waals surface area contributed by atoms with Crippen molar-refractivity contribution >= 4 is 45.0 Å². The zero-order valence-electron chi connectivity index (χ0n) is 21.2. The Morgan fingerprint density at radius 3 is 2.13 bits per heavy atom. The second-order valence-corrected chi connectivity index (χ2v) is 11.5. The van der Waals surface area contributed by atoms with Crippen molar-refractivity contribution in [1.29, 1.82) is 0 Å². The Bertz CT molecular complexity index is 1670. The predicted octanol–water partition coefficient (Wildman–Crippen LogP) is 7.07. The van der Waals surface area contributed by atoms with Gasteiger partial charge in [0.15, 0.2) is 17.3 Å². The number of fused-ring (bicyclic) bond motifs is 5. The predicted molar refractivity (Wildman–Crippen MR) is 155 cm³/mol. The summed E-state index contributed by atoms with van der Waals surface area (Å²) in [7, 11) is 0. The van der Waals surface area contributed by atoms with Gasteiger partial charge in [-0.1, -0.05) is 106 Å². The van der Waals surface area contributed by atoms with E-state index in [0.717, 1.165) is 26.9 Å². The lowest BCUT2D eigenvalue weighted by molar-refractivity contribution is 0.0666. The molecule has 1 saturated heterocycles. The Morgan fingerprint density at radius 1 is 0.821 bits per heavy atom. The summed E-state index contributed by atoms with van der Waals surface area (Å²) in [6.07, 6.45) is 3.97. The van der Waals surface area contributed by atoms with Crippen LogP contribution in [0.5, 0.6) is 0 Å². The SMILES string of the molecule is Cc1ccc2c(c1)C=C[C@H]1N2[C@H](C(=O)c2ccccc2)[C@H](c2ccc(Br)cc2)C12C(=O)c1ccccc1C2=O. The molecule has 0 amide bonds. The second-order valence-electron chi connectivity index (χ2n) is 10.6. The molecule has 4 aromatic rings. The number of rotatable bonds is 3. The molecule has 0 radical (unpaired) electrons. The number of anilines is 1. The van der Waals surface area contributed by atoms with Gasteiger partial charge >= 0.3 is 0 Å². The van der Waals surface area contributed by atoms with E-state index in [-0.39, 0.29) is 17.3 Å². The lowest BCUT2D eigenvalue weighted by atomic mass is 9.64. The highest BCUT2D eigenvalue weighted by Gasteiger charge is 2.71. The largest absolute Gasteiger partial charge is 0.352 e. The number of ketones is 3. The maximum Gasteiger partial charge on any atom is 0.185 e. The lowest BCUT2D eigenvalue weighted by Gasteiger charge is -2.37. The highest BCUT2D eigenvalue weighted by Crippen LogP contribution is 2.61. The highest BCUT2D eigenvalue weighted by atomic mass is 79.9. The number of Topliss-reactive ketones (excluding diaryl/α,β-unsaturated/α-hetero) is 3. The fraction of sp³-hybridized carbons (Fsp3) is 0.147. The van der Waals surface area contributed by atoms with Crippen molar-refractivity contribution in [3.05, 3.63) is 141 Å². The van der Waals surface area contributed by atoms with E-state index in [0.29, 0.717) is 16.7 Å². The van der Waals surface area contributed by atoms with Crippen LogP contribution in [0.2, 0.25) is 0 Å². The van der Waals surface area contributed by atoms with Crippen molar-refractivity contribution in [1.82, 2.24) is 0 Å². The summed E-state index contributed by atoms with van der Waals surface area (Å²) in [5, 5.41) is 0. The molecule has 0 saturated carbocycles. The number of nitrogens with zero attached hydrogens (tertiary/aromatic N) is 1. The van der Waals surface area contributed by atoms with Crippen molar-refractivity contribution in [3.8, 4) is 0 Å². The van der Waals surface area contributed by atoms with E-state index >= 15 is 0 Å². The third-order valence-electron chi connectivity index (χ3n) is 8.52. The minimum absolute atomic E-state index is 0.108. The first-order valence-electron chi connectivity index (χ1n) is 13.0. The summed E-state index contributed by atoms with van der Waals surface area (Å²) in [5.41, 5.74) is 3.66. The number of aryl methyl sites for hydroxylation is 1. The van der Waals surface area contributed by atoms with E-state index in [9.17, 15) is 14.4 Å². The van der Waals surface area contributed by atoms with Gasteiger partial charge in [0.1, 0.15) is 11.5 Å². The van der Waals surface area contributed by atoms with Crippen molar-refractivity contribution in [2.45, 2.75) is 24.9 Å². The normalized spacial score (nSPS) is 22.1. The zero-order valence-corrected chi connectivity index (χ0v) is 22.8. The Morgan fingerprint density at radius 2 is 1.46 bits per heavy atom. The van der Waals surface area contributed by atoms with E-state index in [1.54, 1.807) is 24.3 Å². The molecule has 0 aromatic heterocycles. The minimum Gasteiger partial charge on any atom is -0.352 e. The first kappa shape index (κ1) is 24.0. The molecule has 0 N–H and O–H groups in total. The molecule has 2 aliphatic heterocycles.